The number of nitrogens with one attached hydrogen (secondary N) is 2. The molecule has 1 aromatic carbocycles. The zero-order valence-electron chi connectivity index (χ0n) is 13.0. The predicted octanol–water partition coefficient (Wildman–Crippen LogP) is 3.29. The van der Waals surface area contributed by atoms with E-state index in [2.05, 4.69) is 15.7 Å². The zero-order chi connectivity index (χ0) is 16.3. The lowest BCUT2D eigenvalue weighted by Crippen LogP contribution is -2.37. The van der Waals surface area contributed by atoms with E-state index in [4.69, 9.17) is 23.2 Å². The van der Waals surface area contributed by atoms with Crippen molar-refractivity contribution in [3.63, 3.8) is 0 Å². The van der Waals surface area contributed by atoms with Crippen LogP contribution in [0.25, 0.3) is 0 Å². The molecule has 8 heteroatoms. The van der Waals surface area contributed by atoms with Gasteiger partial charge in [0.05, 0.1) is 12.2 Å². The minimum Gasteiger partial charge on any atom is -0.348 e. The van der Waals surface area contributed by atoms with Gasteiger partial charge in [0.25, 0.3) is 0 Å². The van der Waals surface area contributed by atoms with Gasteiger partial charge in [0.1, 0.15) is 6.04 Å². The standard InChI is InChI=1S/C15H18Cl2N4O.ClH/c1-9(12-5-4-11(16)6-13(12)17)20-15(22)14(18-2)10-7-19-21(3)8-10;/h4-9,14,18H,1-3H3,(H,20,22);1H. The summed E-state index contributed by atoms with van der Waals surface area (Å²) in [7, 11) is 3.54. The molecule has 2 atom stereocenters. The van der Waals surface area contributed by atoms with Gasteiger partial charge < -0.3 is 10.6 Å². The summed E-state index contributed by atoms with van der Waals surface area (Å²) in [5, 5.41) is 11.1. The van der Waals surface area contributed by atoms with Crippen LogP contribution >= 0.6 is 35.6 Å². The van der Waals surface area contributed by atoms with Crippen molar-refractivity contribution in [1.29, 1.82) is 0 Å². The maximum absolute atomic E-state index is 12.5. The average molecular weight is 378 g/mol. The SMILES string of the molecule is CNC(C(=O)NC(C)c1ccc(Cl)cc1Cl)c1cnn(C)c1.Cl. The minimum absolute atomic E-state index is 0. The highest BCUT2D eigenvalue weighted by molar-refractivity contribution is 6.35. The Bertz CT molecular complexity index is 674. The second-order valence-corrected chi connectivity index (χ2v) is 5.91. The molecule has 0 saturated carbocycles. The molecule has 1 aromatic heterocycles. The third-order valence-electron chi connectivity index (χ3n) is 3.40. The van der Waals surface area contributed by atoms with Crippen LogP contribution in [0.4, 0.5) is 0 Å². The van der Waals surface area contributed by atoms with Gasteiger partial charge in [-0.1, -0.05) is 29.3 Å². The van der Waals surface area contributed by atoms with E-state index in [1.807, 2.05) is 20.0 Å². The molecule has 0 aliphatic rings. The third kappa shape index (κ3) is 4.85. The summed E-state index contributed by atoms with van der Waals surface area (Å²) in [5.74, 6) is -0.144. The van der Waals surface area contributed by atoms with Crippen molar-refractivity contribution in [2.75, 3.05) is 7.05 Å². The minimum atomic E-state index is -0.470. The first kappa shape index (κ1) is 19.8. The van der Waals surface area contributed by atoms with Crippen molar-refractivity contribution in [2.45, 2.75) is 19.0 Å². The number of nitrogens with zero attached hydrogens (tertiary/aromatic N) is 2. The summed E-state index contributed by atoms with van der Waals surface area (Å²) in [6.07, 6.45) is 3.47. The van der Waals surface area contributed by atoms with E-state index in [1.165, 1.54) is 0 Å². The van der Waals surface area contributed by atoms with Crippen LogP contribution in [0, 0.1) is 0 Å². The van der Waals surface area contributed by atoms with Crippen LogP contribution in [-0.4, -0.2) is 22.7 Å². The number of hydrogen-bond acceptors (Lipinski definition) is 3. The second kappa shape index (κ2) is 8.55. The molecule has 2 unspecified atom stereocenters. The van der Waals surface area contributed by atoms with Crippen LogP contribution in [-0.2, 0) is 11.8 Å². The van der Waals surface area contributed by atoms with Gasteiger partial charge in [-0.15, -0.1) is 12.4 Å². The normalized spacial score (nSPS) is 13.1. The van der Waals surface area contributed by atoms with Crippen molar-refractivity contribution in [1.82, 2.24) is 20.4 Å². The van der Waals surface area contributed by atoms with E-state index in [0.717, 1.165) is 11.1 Å². The molecule has 2 aromatic rings. The van der Waals surface area contributed by atoms with Crippen molar-refractivity contribution in [2.24, 2.45) is 7.05 Å². The molecule has 0 saturated heterocycles. The molecule has 0 radical (unpaired) electrons. The second-order valence-electron chi connectivity index (χ2n) is 5.07. The van der Waals surface area contributed by atoms with Crippen molar-refractivity contribution in [3.05, 3.63) is 51.8 Å². The Kier molecular flexibility index (Phi) is 7.35. The van der Waals surface area contributed by atoms with E-state index in [1.54, 1.807) is 36.3 Å². The molecule has 0 aliphatic carbocycles. The summed E-state index contributed by atoms with van der Waals surface area (Å²) in [6.45, 7) is 1.88. The molecule has 1 heterocycles. The average Bonchev–Trinajstić information content (AvgIpc) is 2.85. The number of rotatable bonds is 5. The summed E-state index contributed by atoms with van der Waals surface area (Å²) in [4.78, 5) is 12.5. The fourth-order valence-corrected chi connectivity index (χ4v) is 2.84. The Morgan fingerprint density at radius 3 is 2.57 bits per heavy atom. The van der Waals surface area contributed by atoms with Gasteiger partial charge in [0.15, 0.2) is 0 Å². The van der Waals surface area contributed by atoms with Gasteiger partial charge in [0.2, 0.25) is 5.91 Å². The Morgan fingerprint density at radius 1 is 1.35 bits per heavy atom. The Balaban J connectivity index is 0.00000264. The van der Waals surface area contributed by atoms with E-state index < -0.39 is 6.04 Å². The molecule has 2 rings (SSSR count). The molecule has 5 nitrogen and oxygen atoms in total. The summed E-state index contributed by atoms with van der Waals surface area (Å²) >= 11 is 12.1. The van der Waals surface area contributed by atoms with Crippen LogP contribution in [0.5, 0.6) is 0 Å². The van der Waals surface area contributed by atoms with Gasteiger partial charge in [-0.25, -0.2) is 0 Å². The molecule has 0 spiro atoms. The molecule has 0 bridgehead atoms. The van der Waals surface area contributed by atoms with Crippen LogP contribution in [0.3, 0.4) is 0 Å². The summed E-state index contributed by atoms with van der Waals surface area (Å²) in [6, 6.07) is 4.53. The number of halogens is 3. The van der Waals surface area contributed by atoms with Gasteiger partial charge in [0, 0.05) is 28.9 Å². The Hall–Kier alpha value is -1.27. The number of aromatic nitrogens is 2. The first-order valence-electron chi connectivity index (χ1n) is 6.83. The molecule has 0 aliphatic heterocycles. The quantitative estimate of drug-likeness (QED) is 0.840. The maximum atomic E-state index is 12.5. The molecule has 126 valence electrons. The number of benzene rings is 1. The van der Waals surface area contributed by atoms with E-state index >= 15 is 0 Å². The highest BCUT2D eigenvalue weighted by Crippen LogP contribution is 2.26. The lowest BCUT2D eigenvalue weighted by Gasteiger charge is -2.20. The largest absolute Gasteiger partial charge is 0.348 e. The number of amides is 1. The number of carbonyl (C=O) groups excluding carboxylic acids is 1. The van der Waals surface area contributed by atoms with Gasteiger partial charge in [-0.3, -0.25) is 9.48 Å². The maximum Gasteiger partial charge on any atom is 0.242 e. The van der Waals surface area contributed by atoms with Crippen LogP contribution in [0.2, 0.25) is 10.0 Å². The smallest absolute Gasteiger partial charge is 0.242 e. The number of aryl methyl sites for hydroxylation is 1. The number of likely N-dealkylation sites (N-methyl/N-ethyl adjacent to an activating group) is 1. The Morgan fingerprint density at radius 2 is 2.04 bits per heavy atom. The van der Waals surface area contributed by atoms with E-state index in [0.29, 0.717) is 10.0 Å². The third-order valence-corrected chi connectivity index (χ3v) is 3.96. The molecule has 23 heavy (non-hydrogen) atoms. The van der Waals surface area contributed by atoms with Crippen LogP contribution < -0.4 is 10.6 Å². The fraction of sp³-hybridized carbons (Fsp3) is 0.333. The topological polar surface area (TPSA) is 59.0 Å². The van der Waals surface area contributed by atoms with E-state index in [-0.39, 0.29) is 24.4 Å². The van der Waals surface area contributed by atoms with Crippen LogP contribution in [0.15, 0.2) is 30.6 Å². The van der Waals surface area contributed by atoms with Crippen molar-refractivity contribution in [3.8, 4) is 0 Å². The molecule has 2 N–H and O–H groups in total. The summed E-state index contributed by atoms with van der Waals surface area (Å²) in [5.41, 5.74) is 1.62. The van der Waals surface area contributed by atoms with Crippen LogP contribution in [0.1, 0.15) is 30.1 Å². The highest BCUT2D eigenvalue weighted by atomic mass is 35.5. The first-order chi connectivity index (χ1) is 10.4. The van der Waals surface area contributed by atoms with E-state index in [9.17, 15) is 4.79 Å². The highest BCUT2D eigenvalue weighted by Gasteiger charge is 2.22. The van der Waals surface area contributed by atoms with Crippen molar-refractivity contribution < 1.29 is 4.79 Å². The van der Waals surface area contributed by atoms with Gasteiger partial charge in [-0.05, 0) is 31.7 Å². The fourth-order valence-electron chi connectivity index (χ4n) is 2.27. The van der Waals surface area contributed by atoms with Gasteiger partial charge in [-0.2, -0.15) is 5.10 Å². The Labute approximate surface area is 151 Å². The predicted molar refractivity (Wildman–Crippen MR) is 95.3 cm³/mol. The lowest BCUT2D eigenvalue weighted by atomic mass is 10.1. The zero-order valence-corrected chi connectivity index (χ0v) is 15.3. The number of hydrogen-bond donors (Lipinski definition) is 2. The number of carbonyl (C=O) groups is 1. The molecular weight excluding hydrogens is 359 g/mol. The summed E-state index contributed by atoms with van der Waals surface area (Å²) < 4.78 is 1.66. The first-order valence-corrected chi connectivity index (χ1v) is 7.59. The lowest BCUT2D eigenvalue weighted by molar-refractivity contribution is -0.123. The monoisotopic (exact) mass is 376 g/mol. The molecule has 1 amide bonds. The molecule has 0 fully saturated rings. The molecular formula is C15H19Cl3N4O. The van der Waals surface area contributed by atoms with Gasteiger partial charge >= 0.3 is 0 Å². The van der Waals surface area contributed by atoms with Crippen molar-refractivity contribution >= 4 is 41.5 Å².